The van der Waals surface area contributed by atoms with Crippen molar-refractivity contribution in [1.29, 1.82) is 0 Å². The molecule has 0 aromatic carbocycles. The standard InChI is InChI=1S/C16H35N3O/c1-15(2,3)17-7-8-18-9-11-19(12-10-18)13-14-20-16(4,5)6/h17H,7-14H2,1-6H3. The van der Waals surface area contributed by atoms with Crippen LogP contribution in [0.25, 0.3) is 0 Å². The summed E-state index contributed by atoms with van der Waals surface area (Å²) in [6, 6.07) is 0. The van der Waals surface area contributed by atoms with Gasteiger partial charge in [-0.25, -0.2) is 0 Å². The van der Waals surface area contributed by atoms with Gasteiger partial charge in [0, 0.05) is 51.4 Å². The highest BCUT2D eigenvalue weighted by Gasteiger charge is 2.18. The minimum Gasteiger partial charge on any atom is -0.375 e. The fourth-order valence-electron chi connectivity index (χ4n) is 2.31. The zero-order valence-electron chi connectivity index (χ0n) is 14.5. The molecular formula is C16H35N3O. The molecule has 1 rings (SSSR count). The summed E-state index contributed by atoms with van der Waals surface area (Å²) < 4.78 is 5.80. The van der Waals surface area contributed by atoms with E-state index in [-0.39, 0.29) is 11.1 Å². The van der Waals surface area contributed by atoms with Crippen LogP contribution in [0.5, 0.6) is 0 Å². The normalized spacial score (nSPS) is 19.5. The quantitative estimate of drug-likeness (QED) is 0.805. The number of rotatable bonds is 6. The molecule has 0 aromatic heterocycles. The molecule has 1 N–H and O–H groups in total. The molecule has 0 saturated carbocycles. The first-order valence-electron chi connectivity index (χ1n) is 7.99. The molecule has 4 nitrogen and oxygen atoms in total. The van der Waals surface area contributed by atoms with Gasteiger partial charge in [0.2, 0.25) is 0 Å². The highest BCUT2D eigenvalue weighted by Crippen LogP contribution is 2.07. The fraction of sp³-hybridized carbons (Fsp3) is 1.00. The van der Waals surface area contributed by atoms with Crippen molar-refractivity contribution < 1.29 is 4.74 Å². The van der Waals surface area contributed by atoms with Crippen molar-refractivity contribution in [1.82, 2.24) is 15.1 Å². The molecule has 1 aliphatic rings. The van der Waals surface area contributed by atoms with E-state index in [4.69, 9.17) is 4.74 Å². The predicted molar refractivity (Wildman–Crippen MR) is 86.3 cm³/mol. The maximum absolute atomic E-state index is 5.80. The smallest absolute Gasteiger partial charge is 0.0600 e. The Bertz CT molecular complexity index is 232. The largest absolute Gasteiger partial charge is 0.375 e. The van der Waals surface area contributed by atoms with E-state index in [1.807, 2.05) is 0 Å². The van der Waals surface area contributed by atoms with Crippen LogP contribution in [0.4, 0.5) is 0 Å². The van der Waals surface area contributed by atoms with Gasteiger partial charge < -0.3 is 10.1 Å². The van der Waals surface area contributed by atoms with Gasteiger partial charge in [-0.3, -0.25) is 9.80 Å². The molecule has 1 saturated heterocycles. The number of piperazine rings is 1. The molecule has 120 valence electrons. The Kier molecular flexibility index (Phi) is 6.92. The first-order chi connectivity index (χ1) is 9.16. The Balaban J connectivity index is 2.08. The van der Waals surface area contributed by atoms with Crippen LogP contribution < -0.4 is 5.32 Å². The third-order valence-corrected chi connectivity index (χ3v) is 3.49. The van der Waals surface area contributed by atoms with Crippen molar-refractivity contribution in [3.05, 3.63) is 0 Å². The highest BCUT2D eigenvalue weighted by molar-refractivity contribution is 4.75. The average Bonchev–Trinajstić information content (AvgIpc) is 2.28. The van der Waals surface area contributed by atoms with Crippen molar-refractivity contribution >= 4 is 0 Å². The van der Waals surface area contributed by atoms with Gasteiger partial charge in [-0.1, -0.05) is 0 Å². The molecule has 0 atom stereocenters. The van der Waals surface area contributed by atoms with Gasteiger partial charge in [0.1, 0.15) is 0 Å². The summed E-state index contributed by atoms with van der Waals surface area (Å²) in [5.74, 6) is 0. The number of hydrogen-bond acceptors (Lipinski definition) is 4. The molecule has 4 heteroatoms. The van der Waals surface area contributed by atoms with Crippen molar-refractivity contribution in [2.24, 2.45) is 0 Å². The fourth-order valence-corrected chi connectivity index (χ4v) is 2.31. The summed E-state index contributed by atoms with van der Waals surface area (Å²) in [4.78, 5) is 5.07. The van der Waals surface area contributed by atoms with Crippen LogP contribution in [0.3, 0.4) is 0 Å². The topological polar surface area (TPSA) is 27.7 Å². The Morgan fingerprint density at radius 2 is 1.35 bits per heavy atom. The van der Waals surface area contributed by atoms with E-state index in [1.54, 1.807) is 0 Å². The van der Waals surface area contributed by atoms with Crippen LogP contribution in [0.2, 0.25) is 0 Å². The minimum absolute atomic E-state index is 0.0134. The lowest BCUT2D eigenvalue weighted by Crippen LogP contribution is -2.50. The number of ether oxygens (including phenoxy) is 1. The molecule has 0 bridgehead atoms. The van der Waals surface area contributed by atoms with Crippen molar-refractivity contribution in [3.63, 3.8) is 0 Å². The third-order valence-electron chi connectivity index (χ3n) is 3.49. The van der Waals surface area contributed by atoms with Gasteiger partial charge in [0.15, 0.2) is 0 Å². The summed E-state index contributed by atoms with van der Waals surface area (Å²) in [5, 5.41) is 3.56. The molecule has 1 heterocycles. The molecule has 0 spiro atoms. The average molecular weight is 285 g/mol. The zero-order valence-corrected chi connectivity index (χ0v) is 14.5. The zero-order chi connectivity index (χ0) is 15.2. The summed E-state index contributed by atoms with van der Waals surface area (Å²) in [6.45, 7) is 21.9. The van der Waals surface area contributed by atoms with Gasteiger partial charge in [0.05, 0.1) is 12.2 Å². The van der Waals surface area contributed by atoms with Crippen molar-refractivity contribution in [2.75, 3.05) is 52.4 Å². The second-order valence-corrected chi connectivity index (χ2v) is 7.82. The lowest BCUT2D eigenvalue weighted by molar-refractivity contribution is -0.0177. The van der Waals surface area contributed by atoms with E-state index in [9.17, 15) is 0 Å². The van der Waals surface area contributed by atoms with E-state index in [1.165, 1.54) is 26.2 Å². The first kappa shape index (κ1) is 17.9. The summed E-state index contributed by atoms with van der Waals surface area (Å²) in [6.07, 6.45) is 0. The maximum Gasteiger partial charge on any atom is 0.0600 e. The summed E-state index contributed by atoms with van der Waals surface area (Å²) in [5.41, 5.74) is 0.215. The maximum atomic E-state index is 5.80. The van der Waals surface area contributed by atoms with Crippen LogP contribution >= 0.6 is 0 Å². The number of hydrogen-bond donors (Lipinski definition) is 1. The van der Waals surface area contributed by atoms with E-state index in [0.29, 0.717) is 0 Å². The van der Waals surface area contributed by atoms with Crippen molar-refractivity contribution in [3.8, 4) is 0 Å². The van der Waals surface area contributed by atoms with Crippen LogP contribution in [-0.2, 0) is 4.74 Å². The third kappa shape index (κ3) is 8.90. The number of nitrogens with one attached hydrogen (secondary N) is 1. The first-order valence-corrected chi connectivity index (χ1v) is 7.99. The SMILES string of the molecule is CC(C)(C)NCCN1CCN(CCOC(C)(C)C)CC1. The van der Waals surface area contributed by atoms with Crippen LogP contribution in [-0.4, -0.2) is 73.4 Å². The Morgan fingerprint density at radius 3 is 1.80 bits per heavy atom. The Labute approximate surface area is 125 Å². The highest BCUT2D eigenvalue weighted by atomic mass is 16.5. The lowest BCUT2D eigenvalue weighted by atomic mass is 10.1. The molecule has 0 amide bonds. The minimum atomic E-state index is -0.0134. The molecule has 0 unspecified atom stereocenters. The van der Waals surface area contributed by atoms with E-state index >= 15 is 0 Å². The van der Waals surface area contributed by atoms with Crippen molar-refractivity contribution in [2.45, 2.75) is 52.7 Å². The van der Waals surface area contributed by atoms with Gasteiger partial charge in [-0.2, -0.15) is 0 Å². The molecule has 0 aromatic rings. The second-order valence-electron chi connectivity index (χ2n) is 7.82. The molecule has 20 heavy (non-hydrogen) atoms. The van der Waals surface area contributed by atoms with Crippen LogP contribution in [0, 0.1) is 0 Å². The van der Waals surface area contributed by atoms with Crippen LogP contribution in [0.15, 0.2) is 0 Å². The Morgan fingerprint density at radius 1 is 0.850 bits per heavy atom. The molecule has 0 radical (unpaired) electrons. The lowest BCUT2D eigenvalue weighted by Gasteiger charge is -2.35. The molecule has 0 aliphatic carbocycles. The predicted octanol–water partition coefficient (Wildman–Crippen LogP) is 1.81. The second kappa shape index (κ2) is 7.74. The molecule has 1 aliphatic heterocycles. The summed E-state index contributed by atoms with van der Waals surface area (Å²) >= 11 is 0. The number of nitrogens with zero attached hydrogens (tertiary/aromatic N) is 2. The summed E-state index contributed by atoms with van der Waals surface area (Å²) in [7, 11) is 0. The van der Waals surface area contributed by atoms with Crippen LogP contribution in [0.1, 0.15) is 41.5 Å². The van der Waals surface area contributed by atoms with E-state index in [2.05, 4.69) is 56.7 Å². The van der Waals surface area contributed by atoms with E-state index < -0.39 is 0 Å². The Hall–Kier alpha value is -0.160. The van der Waals surface area contributed by atoms with Gasteiger partial charge in [0.25, 0.3) is 0 Å². The van der Waals surface area contributed by atoms with Gasteiger partial charge in [-0.15, -0.1) is 0 Å². The van der Waals surface area contributed by atoms with Gasteiger partial charge in [-0.05, 0) is 41.5 Å². The molecular weight excluding hydrogens is 250 g/mol. The van der Waals surface area contributed by atoms with Gasteiger partial charge >= 0.3 is 0 Å². The molecule has 1 fully saturated rings. The van der Waals surface area contributed by atoms with E-state index in [0.717, 1.165) is 26.2 Å². The monoisotopic (exact) mass is 285 g/mol.